The molecule has 0 N–H and O–H groups in total. The average molecular weight is 421 g/mol. The van der Waals surface area contributed by atoms with Gasteiger partial charge in [0.05, 0.1) is 11.7 Å². The summed E-state index contributed by atoms with van der Waals surface area (Å²) in [6, 6.07) is 0. The highest BCUT2D eigenvalue weighted by Crippen LogP contribution is 2.68. The molecule has 4 rings (SSSR count). The molecule has 6 unspecified atom stereocenters. The van der Waals surface area contributed by atoms with E-state index in [2.05, 4.69) is 0 Å². The third-order valence-corrected chi connectivity index (χ3v) is 7.84. The predicted molar refractivity (Wildman–Crippen MR) is 106 cm³/mol. The minimum Gasteiger partial charge on any atom is -0.486 e. The molecule has 30 heavy (non-hydrogen) atoms. The summed E-state index contributed by atoms with van der Waals surface area (Å²) in [5.74, 6) is 0.0711. The van der Waals surface area contributed by atoms with Crippen molar-refractivity contribution in [2.24, 2.45) is 28.6 Å². The number of esters is 3. The van der Waals surface area contributed by atoms with Crippen LogP contribution in [-0.2, 0) is 33.3 Å². The van der Waals surface area contributed by atoms with Gasteiger partial charge in [0.15, 0.2) is 13.2 Å². The highest BCUT2D eigenvalue weighted by molar-refractivity contribution is 5.79. The van der Waals surface area contributed by atoms with Gasteiger partial charge in [-0.2, -0.15) is 0 Å². The Kier molecular flexibility index (Phi) is 5.35. The van der Waals surface area contributed by atoms with Crippen molar-refractivity contribution in [1.82, 2.24) is 0 Å². The first-order valence-electron chi connectivity index (χ1n) is 11.1. The van der Waals surface area contributed by atoms with Crippen molar-refractivity contribution in [2.45, 2.75) is 72.0 Å². The molecule has 1 saturated heterocycles. The van der Waals surface area contributed by atoms with E-state index in [4.69, 9.17) is 18.9 Å². The van der Waals surface area contributed by atoms with Crippen molar-refractivity contribution in [2.75, 3.05) is 13.2 Å². The molecular formula is C23H32O7. The van der Waals surface area contributed by atoms with Crippen LogP contribution >= 0.6 is 0 Å². The first-order chi connectivity index (χ1) is 14.2. The van der Waals surface area contributed by atoms with Crippen molar-refractivity contribution in [1.29, 1.82) is 0 Å². The Bertz CT molecular complexity index is 770. The number of carbonyl (C=O) groups excluding carboxylic acids is 3. The van der Waals surface area contributed by atoms with Gasteiger partial charge in [-0.3, -0.25) is 4.79 Å². The predicted octanol–water partition coefficient (Wildman–Crippen LogP) is 3.16. The van der Waals surface area contributed by atoms with Crippen molar-refractivity contribution < 1.29 is 33.3 Å². The summed E-state index contributed by atoms with van der Waals surface area (Å²) < 4.78 is 22.0. The molecule has 3 bridgehead atoms. The standard InChI is InChI=1S/C23H32O7/c1-5-16(22(3,4)6-2)27-11-17(24)28-12-18(25)29-19-14-7-13-8-15-21(26)30-20(19)23(15,9-13)10-14/h5,13-15,19-20H,6-12H2,1-4H3/b16-5-. The molecule has 1 aliphatic heterocycles. The van der Waals surface area contributed by atoms with Crippen LogP contribution in [0.2, 0.25) is 0 Å². The maximum Gasteiger partial charge on any atom is 0.344 e. The lowest BCUT2D eigenvalue weighted by Crippen LogP contribution is -2.37. The highest BCUT2D eigenvalue weighted by atomic mass is 16.6. The summed E-state index contributed by atoms with van der Waals surface area (Å²) >= 11 is 0. The van der Waals surface area contributed by atoms with Crippen LogP contribution in [0, 0.1) is 28.6 Å². The van der Waals surface area contributed by atoms with Crippen molar-refractivity contribution in [3.8, 4) is 0 Å². The van der Waals surface area contributed by atoms with Crippen LogP contribution < -0.4 is 0 Å². The first kappa shape index (κ1) is 21.2. The Morgan fingerprint density at radius 1 is 1.17 bits per heavy atom. The quantitative estimate of drug-likeness (QED) is 0.339. The molecule has 0 aromatic heterocycles. The molecule has 4 aliphatic rings. The van der Waals surface area contributed by atoms with Gasteiger partial charge in [-0.25, -0.2) is 9.59 Å². The normalized spacial score (nSPS) is 36.5. The maximum absolute atomic E-state index is 12.4. The fraction of sp³-hybridized carbons (Fsp3) is 0.783. The van der Waals surface area contributed by atoms with E-state index >= 15 is 0 Å². The molecule has 0 aromatic rings. The molecule has 3 saturated carbocycles. The van der Waals surface area contributed by atoms with E-state index in [1.54, 1.807) is 0 Å². The molecule has 0 amide bonds. The second-order valence-electron chi connectivity index (χ2n) is 9.94. The van der Waals surface area contributed by atoms with E-state index in [1.165, 1.54) is 0 Å². The third kappa shape index (κ3) is 3.40. The summed E-state index contributed by atoms with van der Waals surface area (Å²) in [7, 11) is 0. The first-order valence-corrected chi connectivity index (χ1v) is 11.1. The van der Waals surface area contributed by atoms with Gasteiger partial charge in [0.25, 0.3) is 0 Å². The van der Waals surface area contributed by atoms with E-state index in [0.717, 1.165) is 37.9 Å². The Hall–Kier alpha value is -2.05. The third-order valence-electron chi connectivity index (χ3n) is 7.84. The zero-order valence-electron chi connectivity index (χ0n) is 18.3. The fourth-order valence-corrected chi connectivity index (χ4v) is 6.22. The molecule has 7 heteroatoms. The smallest absolute Gasteiger partial charge is 0.344 e. The molecule has 1 spiro atoms. The number of hydrogen-bond acceptors (Lipinski definition) is 7. The Morgan fingerprint density at radius 2 is 1.90 bits per heavy atom. The Balaban J connectivity index is 1.27. The zero-order valence-corrected chi connectivity index (χ0v) is 18.3. The summed E-state index contributed by atoms with van der Waals surface area (Å²) in [5.41, 5.74) is -0.321. The van der Waals surface area contributed by atoms with Gasteiger partial charge in [0.1, 0.15) is 12.2 Å². The Morgan fingerprint density at radius 3 is 2.60 bits per heavy atom. The maximum atomic E-state index is 12.4. The van der Waals surface area contributed by atoms with E-state index in [0.29, 0.717) is 5.92 Å². The van der Waals surface area contributed by atoms with E-state index < -0.39 is 24.6 Å². The molecule has 1 heterocycles. The SMILES string of the molecule is C/C=C(\OCC(=O)OCC(=O)OC1C2CC3CC4C(=O)OC1C4(C3)C2)C(C)(C)CC. The monoisotopic (exact) mass is 420 g/mol. The molecule has 3 aliphatic carbocycles. The second-order valence-corrected chi connectivity index (χ2v) is 9.94. The van der Waals surface area contributed by atoms with Crippen LogP contribution in [0.5, 0.6) is 0 Å². The van der Waals surface area contributed by atoms with Crippen molar-refractivity contribution >= 4 is 17.9 Å². The van der Waals surface area contributed by atoms with Gasteiger partial charge < -0.3 is 18.9 Å². The lowest BCUT2D eigenvalue weighted by molar-refractivity contribution is -0.171. The second kappa shape index (κ2) is 7.57. The molecule has 4 fully saturated rings. The number of hydrogen-bond donors (Lipinski definition) is 0. The average Bonchev–Trinajstić information content (AvgIpc) is 3.21. The summed E-state index contributed by atoms with van der Waals surface area (Å²) in [6.45, 7) is 7.27. The minimum absolute atomic E-state index is 0.0376. The molecule has 166 valence electrons. The van der Waals surface area contributed by atoms with Crippen LogP contribution in [0.4, 0.5) is 0 Å². The summed E-state index contributed by atoms with van der Waals surface area (Å²) in [6.07, 6.45) is 5.69. The Labute approximate surface area is 177 Å². The number of rotatable bonds is 8. The number of fused-ring (bicyclic) bond motifs is 2. The lowest BCUT2D eigenvalue weighted by atomic mass is 9.73. The zero-order chi connectivity index (χ0) is 21.7. The molecule has 6 atom stereocenters. The van der Waals surface area contributed by atoms with E-state index in [9.17, 15) is 14.4 Å². The van der Waals surface area contributed by atoms with Gasteiger partial charge in [0.2, 0.25) is 0 Å². The van der Waals surface area contributed by atoms with Gasteiger partial charge >= 0.3 is 17.9 Å². The van der Waals surface area contributed by atoms with Crippen LogP contribution in [-0.4, -0.2) is 43.3 Å². The van der Waals surface area contributed by atoms with Gasteiger partial charge in [0, 0.05) is 16.7 Å². The fourth-order valence-electron chi connectivity index (χ4n) is 6.22. The molecule has 0 aromatic carbocycles. The van der Waals surface area contributed by atoms with Crippen LogP contribution in [0.15, 0.2) is 11.8 Å². The highest BCUT2D eigenvalue weighted by Gasteiger charge is 2.72. The van der Waals surface area contributed by atoms with Gasteiger partial charge in [-0.15, -0.1) is 0 Å². The van der Waals surface area contributed by atoms with Crippen LogP contribution in [0.3, 0.4) is 0 Å². The topological polar surface area (TPSA) is 88.1 Å². The van der Waals surface area contributed by atoms with Crippen molar-refractivity contribution in [3.05, 3.63) is 11.8 Å². The minimum atomic E-state index is -0.617. The van der Waals surface area contributed by atoms with Crippen LogP contribution in [0.1, 0.15) is 59.8 Å². The largest absolute Gasteiger partial charge is 0.486 e. The molecular weight excluding hydrogens is 388 g/mol. The molecule has 7 nitrogen and oxygen atoms in total. The summed E-state index contributed by atoms with van der Waals surface area (Å²) in [5, 5.41) is 0. The number of ether oxygens (including phenoxy) is 4. The summed E-state index contributed by atoms with van der Waals surface area (Å²) in [4.78, 5) is 36.7. The van der Waals surface area contributed by atoms with Gasteiger partial charge in [-0.05, 0) is 51.0 Å². The van der Waals surface area contributed by atoms with Crippen molar-refractivity contribution in [3.63, 3.8) is 0 Å². The number of carbonyl (C=O) groups is 3. The van der Waals surface area contributed by atoms with E-state index in [1.807, 2.05) is 33.8 Å². The lowest BCUT2D eigenvalue weighted by Gasteiger charge is -2.28. The van der Waals surface area contributed by atoms with Gasteiger partial charge in [-0.1, -0.05) is 20.8 Å². The molecule has 0 radical (unpaired) electrons. The number of allylic oxidation sites excluding steroid dienone is 2. The van der Waals surface area contributed by atoms with Crippen LogP contribution in [0.25, 0.3) is 0 Å². The van der Waals surface area contributed by atoms with E-state index in [-0.39, 0.29) is 41.3 Å².